The number of hydrazine groups is 1. The van der Waals surface area contributed by atoms with Gasteiger partial charge in [0, 0.05) is 14.1 Å². The second kappa shape index (κ2) is 5.59. The molecule has 0 bridgehead atoms. The van der Waals surface area contributed by atoms with E-state index < -0.39 is 18.1 Å². The van der Waals surface area contributed by atoms with E-state index in [1.165, 1.54) is 43.8 Å². The van der Waals surface area contributed by atoms with Crippen LogP contribution in [0.5, 0.6) is 0 Å². The molecule has 0 spiro atoms. The molecule has 1 N–H and O–H groups in total. The number of carbonyl (C=O) groups excluding carboxylic acids is 2. The van der Waals surface area contributed by atoms with Crippen LogP contribution in [0.3, 0.4) is 0 Å². The molecular weight excluding hydrogens is 263 g/mol. The maximum atomic E-state index is 12.2. The first kappa shape index (κ1) is 14.8. The third-order valence-electron chi connectivity index (χ3n) is 2.06. The molecule has 0 aliphatic rings. The number of hydrogen-bond acceptors (Lipinski definition) is 2. The van der Waals surface area contributed by atoms with E-state index in [0.717, 1.165) is 4.90 Å². The number of alkyl halides is 3. The fraction of sp³-hybridized carbons (Fsp3) is 0.273. The van der Waals surface area contributed by atoms with E-state index in [1.54, 1.807) is 6.07 Å². The fourth-order valence-electron chi connectivity index (χ4n) is 1.16. The zero-order valence-corrected chi connectivity index (χ0v) is 10.2. The van der Waals surface area contributed by atoms with Gasteiger partial charge in [-0.25, -0.2) is 9.80 Å². The molecule has 0 saturated carbocycles. The predicted octanol–water partition coefficient (Wildman–Crippen LogP) is 1.77. The largest absolute Gasteiger partial charge is 0.472 e. The number of halogens is 3. The summed E-state index contributed by atoms with van der Waals surface area (Å²) in [6, 6.07) is 6.70. The first-order valence-electron chi connectivity index (χ1n) is 5.17. The van der Waals surface area contributed by atoms with Crippen molar-refractivity contribution in [1.29, 1.82) is 0 Å². The molecule has 0 aliphatic heterocycles. The van der Waals surface area contributed by atoms with Gasteiger partial charge in [-0.3, -0.25) is 10.2 Å². The normalized spacial score (nSPS) is 10.8. The Bertz CT molecular complexity index is 460. The molecule has 3 amide bonds. The van der Waals surface area contributed by atoms with Gasteiger partial charge in [-0.05, 0) is 12.1 Å². The van der Waals surface area contributed by atoms with Crippen molar-refractivity contribution in [3.05, 3.63) is 30.3 Å². The van der Waals surface area contributed by atoms with Crippen LogP contribution in [0.15, 0.2) is 30.3 Å². The molecule has 0 aromatic heterocycles. The highest BCUT2D eigenvalue weighted by molar-refractivity contribution is 5.96. The summed E-state index contributed by atoms with van der Waals surface area (Å²) >= 11 is 0. The molecule has 8 heteroatoms. The minimum absolute atomic E-state index is 0.124. The molecule has 0 heterocycles. The van der Waals surface area contributed by atoms with Crippen molar-refractivity contribution < 1.29 is 22.8 Å². The van der Waals surface area contributed by atoms with E-state index in [2.05, 4.69) is 0 Å². The molecule has 0 aliphatic carbocycles. The Hall–Kier alpha value is -2.25. The van der Waals surface area contributed by atoms with E-state index in [9.17, 15) is 22.8 Å². The van der Waals surface area contributed by atoms with Gasteiger partial charge in [0.05, 0.1) is 5.69 Å². The first-order valence-corrected chi connectivity index (χ1v) is 5.17. The summed E-state index contributed by atoms with van der Waals surface area (Å²) < 4.78 is 36.7. The van der Waals surface area contributed by atoms with E-state index in [4.69, 9.17) is 0 Å². The van der Waals surface area contributed by atoms with Crippen LogP contribution in [0.1, 0.15) is 0 Å². The number of nitrogens with one attached hydrogen (secondary N) is 1. The highest BCUT2D eigenvalue weighted by Crippen LogP contribution is 2.17. The quantitative estimate of drug-likeness (QED) is 0.794. The number of para-hydroxylation sites is 1. The molecule has 1 aromatic carbocycles. The van der Waals surface area contributed by atoms with E-state index in [0.29, 0.717) is 5.01 Å². The lowest BCUT2D eigenvalue weighted by atomic mass is 10.3. The van der Waals surface area contributed by atoms with Gasteiger partial charge in [0.15, 0.2) is 0 Å². The van der Waals surface area contributed by atoms with Crippen molar-refractivity contribution in [3.63, 3.8) is 0 Å². The molecule has 19 heavy (non-hydrogen) atoms. The van der Waals surface area contributed by atoms with Crippen LogP contribution in [0.2, 0.25) is 0 Å². The Morgan fingerprint density at radius 2 is 1.63 bits per heavy atom. The zero-order valence-electron chi connectivity index (χ0n) is 10.2. The van der Waals surface area contributed by atoms with Crippen molar-refractivity contribution in [1.82, 2.24) is 10.3 Å². The molecule has 1 aromatic rings. The molecule has 0 radical (unpaired) electrons. The summed E-state index contributed by atoms with van der Waals surface area (Å²) in [6.07, 6.45) is -5.07. The Morgan fingerprint density at radius 3 is 2.05 bits per heavy atom. The van der Waals surface area contributed by atoms with Crippen LogP contribution in [0.4, 0.5) is 23.7 Å². The lowest BCUT2D eigenvalue weighted by molar-refractivity contribution is -0.173. The Morgan fingerprint density at radius 1 is 1.11 bits per heavy atom. The van der Waals surface area contributed by atoms with E-state index in [1.807, 2.05) is 0 Å². The minimum atomic E-state index is -5.07. The van der Waals surface area contributed by atoms with Gasteiger partial charge in [-0.1, -0.05) is 18.2 Å². The minimum Gasteiger partial charge on any atom is -0.329 e. The standard InChI is InChI=1S/C11H12F3N3O2/c1-16(2)10(19)17(8-6-4-3-5-7-8)15-9(18)11(12,13)14/h3-7H,1-2H3,(H,15,18). The summed E-state index contributed by atoms with van der Waals surface area (Å²) in [5.74, 6) is -2.22. The lowest BCUT2D eigenvalue weighted by Crippen LogP contribution is -2.54. The molecule has 0 saturated heterocycles. The highest BCUT2D eigenvalue weighted by atomic mass is 19.4. The predicted molar refractivity (Wildman–Crippen MR) is 62.2 cm³/mol. The zero-order chi connectivity index (χ0) is 14.6. The summed E-state index contributed by atoms with van der Waals surface area (Å²) in [6.45, 7) is 0. The van der Waals surface area contributed by atoms with Gasteiger partial charge in [-0.15, -0.1) is 0 Å². The molecule has 1 rings (SSSR count). The summed E-state index contributed by atoms with van der Waals surface area (Å²) in [4.78, 5) is 23.7. The maximum Gasteiger partial charge on any atom is 0.472 e. The molecule has 0 unspecified atom stereocenters. The number of rotatable bonds is 1. The maximum absolute atomic E-state index is 12.2. The number of carbonyl (C=O) groups is 2. The number of benzene rings is 1. The Balaban J connectivity index is 3.02. The van der Waals surface area contributed by atoms with Crippen LogP contribution in [-0.2, 0) is 4.79 Å². The van der Waals surface area contributed by atoms with Crippen molar-refractivity contribution in [3.8, 4) is 0 Å². The summed E-state index contributed by atoms with van der Waals surface area (Å²) in [7, 11) is 2.72. The highest BCUT2D eigenvalue weighted by Gasteiger charge is 2.40. The van der Waals surface area contributed by atoms with E-state index >= 15 is 0 Å². The lowest BCUT2D eigenvalue weighted by Gasteiger charge is -2.26. The second-order valence-corrected chi connectivity index (χ2v) is 3.79. The number of anilines is 1. The fourth-order valence-corrected chi connectivity index (χ4v) is 1.16. The van der Waals surface area contributed by atoms with Gasteiger partial charge in [-0.2, -0.15) is 13.2 Å². The number of nitrogens with zero attached hydrogens (tertiary/aromatic N) is 2. The smallest absolute Gasteiger partial charge is 0.329 e. The van der Waals surface area contributed by atoms with Crippen molar-refractivity contribution >= 4 is 17.6 Å². The summed E-state index contributed by atoms with van der Waals surface area (Å²) in [5, 5.41) is 0.538. The second-order valence-electron chi connectivity index (χ2n) is 3.79. The molecular formula is C11H12F3N3O2. The monoisotopic (exact) mass is 275 g/mol. The van der Waals surface area contributed by atoms with Gasteiger partial charge < -0.3 is 4.90 Å². The number of amides is 3. The van der Waals surface area contributed by atoms with Crippen LogP contribution >= 0.6 is 0 Å². The van der Waals surface area contributed by atoms with Gasteiger partial charge in [0.25, 0.3) is 0 Å². The third-order valence-corrected chi connectivity index (χ3v) is 2.06. The Labute approximate surface area is 107 Å². The van der Waals surface area contributed by atoms with Crippen LogP contribution in [0, 0.1) is 0 Å². The van der Waals surface area contributed by atoms with Crippen LogP contribution < -0.4 is 10.4 Å². The van der Waals surface area contributed by atoms with Crippen molar-refractivity contribution in [2.75, 3.05) is 19.1 Å². The van der Waals surface area contributed by atoms with Crippen LogP contribution in [0.25, 0.3) is 0 Å². The topological polar surface area (TPSA) is 52.7 Å². The number of urea groups is 1. The van der Waals surface area contributed by atoms with Gasteiger partial charge in [0.2, 0.25) is 0 Å². The first-order chi connectivity index (χ1) is 8.73. The molecule has 5 nitrogen and oxygen atoms in total. The van der Waals surface area contributed by atoms with E-state index in [-0.39, 0.29) is 5.69 Å². The van der Waals surface area contributed by atoms with Crippen LogP contribution in [-0.4, -0.2) is 37.1 Å². The summed E-state index contributed by atoms with van der Waals surface area (Å²) in [5.41, 5.74) is 1.66. The van der Waals surface area contributed by atoms with Crippen molar-refractivity contribution in [2.45, 2.75) is 6.18 Å². The molecule has 104 valence electrons. The molecule has 0 fully saturated rings. The number of hydrogen-bond donors (Lipinski definition) is 1. The third kappa shape index (κ3) is 3.87. The van der Waals surface area contributed by atoms with Gasteiger partial charge in [0.1, 0.15) is 0 Å². The average molecular weight is 275 g/mol. The SMILES string of the molecule is CN(C)C(=O)N(NC(=O)C(F)(F)F)c1ccccc1. The molecule has 0 atom stereocenters. The van der Waals surface area contributed by atoms with Crippen molar-refractivity contribution in [2.24, 2.45) is 0 Å². The Kier molecular flexibility index (Phi) is 4.36. The van der Waals surface area contributed by atoms with Gasteiger partial charge >= 0.3 is 18.1 Å². The average Bonchev–Trinajstić information content (AvgIpc) is 2.34.